The first kappa shape index (κ1) is 11.7. The number of benzene rings is 2. The van der Waals surface area contributed by atoms with Crippen molar-refractivity contribution in [3.8, 4) is 11.4 Å². The van der Waals surface area contributed by atoms with Crippen LogP contribution < -0.4 is 5.73 Å². The van der Waals surface area contributed by atoms with Crippen LogP contribution in [0.3, 0.4) is 0 Å². The lowest BCUT2D eigenvalue weighted by Gasteiger charge is -2.01. The van der Waals surface area contributed by atoms with Gasteiger partial charge in [0.2, 0.25) is 0 Å². The van der Waals surface area contributed by atoms with Crippen LogP contribution in [0, 0.1) is 19.7 Å². The van der Waals surface area contributed by atoms with Crippen LogP contribution in [0.2, 0.25) is 0 Å². The predicted molar refractivity (Wildman–Crippen MR) is 75.4 cm³/mol. The maximum Gasteiger partial charge on any atom is 0.140 e. The second kappa shape index (κ2) is 4.09. The third-order valence-electron chi connectivity index (χ3n) is 3.19. The van der Waals surface area contributed by atoms with Crippen molar-refractivity contribution in [2.45, 2.75) is 13.8 Å². The topological polar surface area (TPSA) is 54.7 Å². The fourth-order valence-corrected chi connectivity index (χ4v) is 2.33. The molecule has 3 rings (SSSR count). The first-order valence-electron chi connectivity index (χ1n) is 6.07. The van der Waals surface area contributed by atoms with Gasteiger partial charge in [0.05, 0.1) is 11.0 Å². The summed E-state index contributed by atoms with van der Waals surface area (Å²) >= 11 is 0. The van der Waals surface area contributed by atoms with Gasteiger partial charge in [-0.2, -0.15) is 0 Å². The van der Waals surface area contributed by atoms with Crippen molar-refractivity contribution >= 4 is 16.7 Å². The van der Waals surface area contributed by atoms with E-state index in [1.165, 1.54) is 12.1 Å². The summed E-state index contributed by atoms with van der Waals surface area (Å²) in [5, 5.41) is 0. The Bertz CT molecular complexity index is 774. The van der Waals surface area contributed by atoms with Gasteiger partial charge in [-0.15, -0.1) is 0 Å². The van der Waals surface area contributed by atoms with E-state index in [-0.39, 0.29) is 5.82 Å². The van der Waals surface area contributed by atoms with Crippen LogP contribution in [0.25, 0.3) is 22.4 Å². The number of nitrogens with two attached hydrogens (primary N) is 1. The molecule has 0 fully saturated rings. The number of anilines is 1. The van der Waals surface area contributed by atoms with Crippen LogP contribution in [0.4, 0.5) is 10.1 Å². The van der Waals surface area contributed by atoms with Crippen molar-refractivity contribution in [1.82, 2.24) is 9.97 Å². The van der Waals surface area contributed by atoms with E-state index >= 15 is 0 Å². The maximum atomic E-state index is 13.3. The Balaban J connectivity index is 2.26. The lowest BCUT2D eigenvalue weighted by atomic mass is 10.1. The zero-order valence-corrected chi connectivity index (χ0v) is 10.8. The first-order valence-corrected chi connectivity index (χ1v) is 6.07. The molecule has 3 nitrogen and oxygen atoms in total. The van der Waals surface area contributed by atoms with E-state index in [1.807, 2.05) is 19.9 Å². The normalized spacial score (nSPS) is 11.1. The SMILES string of the molecule is Cc1cc(C)c2nc(-c3cc(F)ccc3N)[nH]c2c1. The molecule has 0 saturated carbocycles. The highest BCUT2D eigenvalue weighted by Gasteiger charge is 2.11. The Labute approximate surface area is 110 Å². The van der Waals surface area contributed by atoms with Gasteiger partial charge in [0.1, 0.15) is 11.6 Å². The van der Waals surface area contributed by atoms with Gasteiger partial charge in [0.25, 0.3) is 0 Å². The number of H-pyrrole nitrogens is 1. The van der Waals surface area contributed by atoms with Crippen molar-refractivity contribution in [3.63, 3.8) is 0 Å². The van der Waals surface area contributed by atoms with Crippen molar-refractivity contribution < 1.29 is 4.39 Å². The molecule has 0 radical (unpaired) electrons. The Morgan fingerprint density at radius 2 is 1.95 bits per heavy atom. The molecule has 0 aliphatic carbocycles. The van der Waals surface area contributed by atoms with Gasteiger partial charge in [-0.25, -0.2) is 9.37 Å². The minimum absolute atomic E-state index is 0.322. The van der Waals surface area contributed by atoms with Crippen LogP contribution in [0.5, 0.6) is 0 Å². The number of aryl methyl sites for hydroxylation is 2. The number of nitrogens with zero attached hydrogens (tertiary/aromatic N) is 1. The highest BCUT2D eigenvalue weighted by Crippen LogP contribution is 2.28. The lowest BCUT2D eigenvalue weighted by molar-refractivity contribution is 0.628. The molecule has 0 amide bonds. The summed E-state index contributed by atoms with van der Waals surface area (Å²) in [4.78, 5) is 7.73. The molecule has 4 heteroatoms. The molecule has 0 aliphatic heterocycles. The fraction of sp³-hybridized carbons (Fsp3) is 0.133. The Kier molecular flexibility index (Phi) is 2.52. The van der Waals surface area contributed by atoms with E-state index in [0.717, 1.165) is 22.2 Å². The van der Waals surface area contributed by atoms with Crippen molar-refractivity contribution in [2.75, 3.05) is 5.73 Å². The molecule has 0 unspecified atom stereocenters. The molecule has 96 valence electrons. The molecule has 1 heterocycles. The number of nitrogens with one attached hydrogen (secondary N) is 1. The number of nitrogen functional groups attached to an aromatic ring is 1. The van der Waals surface area contributed by atoms with Crippen LogP contribution >= 0.6 is 0 Å². The van der Waals surface area contributed by atoms with E-state index in [2.05, 4.69) is 16.0 Å². The Hall–Kier alpha value is -2.36. The average molecular weight is 255 g/mol. The Morgan fingerprint density at radius 1 is 1.16 bits per heavy atom. The van der Waals surface area contributed by atoms with E-state index < -0.39 is 0 Å². The van der Waals surface area contributed by atoms with Crippen LogP contribution in [-0.4, -0.2) is 9.97 Å². The number of halogens is 1. The zero-order chi connectivity index (χ0) is 13.6. The largest absolute Gasteiger partial charge is 0.398 e. The zero-order valence-electron chi connectivity index (χ0n) is 10.8. The van der Waals surface area contributed by atoms with E-state index in [9.17, 15) is 4.39 Å². The molecular formula is C15H14FN3. The predicted octanol–water partition coefficient (Wildman–Crippen LogP) is 3.57. The minimum atomic E-state index is -0.322. The second-order valence-electron chi connectivity index (χ2n) is 4.79. The third-order valence-corrected chi connectivity index (χ3v) is 3.19. The highest BCUT2D eigenvalue weighted by atomic mass is 19.1. The van der Waals surface area contributed by atoms with E-state index in [0.29, 0.717) is 17.1 Å². The van der Waals surface area contributed by atoms with Crippen LogP contribution in [-0.2, 0) is 0 Å². The van der Waals surface area contributed by atoms with Gasteiger partial charge in [-0.3, -0.25) is 0 Å². The van der Waals surface area contributed by atoms with Gasteiger partial charge in [-0.1, -0.05) is 6.07 Å². The third kappa shape index (κ3) is 1.95. The molecule has 0 spiro atoms. The number of hydrogen-bond acceptors (Lipinski definition) is 2. The smallest absolute Gasteiger partial charge is 0.140 e. The molecule has 3 N–H and O–H groups in total. The van der Waals surface area contributed by atoms with E-state index in [4.69, 9.17) is 5.73 Å². The number of hydrogen-bond donors (Lipinski definition) is 2. The van der Waals surface area contributed by atoms with Crippen molar-refractivity contribution in [3.05, 3.63) is 47.3 Å². The summed E-state index contributed by atoms with van der Waals surface area (Å²) in [5.41, 5.74) is 11.1. The van der Waals surface area contributed by atoms with Crippen molar-refractivity contribution in [2.24, 2.45) is 0 Å². The number of imidazole rings is 1. The van der Waals surface area contributed by atoms with Crippen LogP contribution in [0.1, 0.15) is 11.1 Å². The summed E-state index contributed by atoms with van der Waals surface area (Å²) < 4.78 is 13.3. The highest BCUT2D eigenvalue weighted by molar-refractivity contribution is 5.85. The maximum absolute atomic E-state index is 13.3. The van der Waals surface area contributed by atoms with Crippen LogP contribution in [0.15, 0.2) is 30.3 Å². The molecule has 0 saturated heterocycles. The number of fused-ring (bicyclic) bond motifs is 1. The van der Waals surface area contributed by atoms with E-state index in [1.54, 1.807) is 6.07 Å². The molecule has 2 aromatic carbocycles. The molecule has 19 heavy (non-hydrogen) atoms. The molecule has 3 aromatic rings. The monoisotopic (exact) mass is 255 g/mol. The minimum Gasteiger partial charge on any atom is -0.398 e. The van der Waals surface area contributed by atoms with Gasteiger partial charge < -0.3 is 10.7 Å². The second-order valence-corrected chi connectivity index (χ2v) is 4.79. The average Bonchev–Trinajstić information content (AvgIpc) is 2.76. The van der Waals surface area contributed by atoms with Gasteiger partial charge in [0.15, 0.2) is 0 Å². The molecule has 0 aliphatic rings. The van der Waals surface area contributed by atoms with Gasteiger partial charge in [-0.05, 0) is 49.2 Å². The number of aromatic amines is 1. The molecule has 0 atom stereocenters. The standard InChI is InChI=1S/C15H14FN3/c1-8-5-9(2)14-13(6-8)18-15(19-14)11-7-10(16)3-4-12(11)17/h3-7H,17H2,1-2H3,(H,18,19). The summed E-state index contributed by atoms with van der Waals surface area (Å²) in [6.07, 6.45) is 0. The lowest BCUT2D eigenvalue weighted by Crippen LogP contribution is -1.92. The Morgan fingerprint density at radius 3 is 2.74 bits per heavy atom. The summed E-state index contributed by atoms with van der Waals surface area (Å²) in [7, 11) is 0. The molecule has 0 bridgehead atoms. The molecule has 1 aromatic heterocycles. The number of rotatable bonds is 1. The number of aromatic nitrogens is 2. The summed E-state index contributed by atoms with van der Waals surface area (Å²) in [6.45, 7) is 4.04. The van der Waals surface area contributed by atoms with Gasteiger partial charge in [0, 0.05) is 11.3 Å². The fourth-order valence-electron chi connectivity index (χ4n) is 2.33. The summed E-state index contributed by atoms with van der Waals surface area (Å²) in [6, 6.07) is 8.39. The van der Waals surface area contributed by atoms with Gasteiger partial charge >= 0.3 is 0 Å². The first-order chi connectivity index (χ1) is 9.04. The van der Waals surface area contributed by atoms with Crippen molar-refractivity contribution in [1.29, 1.82) is 0 Å². The quantitative estimate of drug-likeness (QED) is 0.653. The summed E-state index contributed by atoms with van der Waals surface area (Å²) in [5.74, 6) is 0.276. The molecular weight excluding hydrogens is 241 g/mol.